The van der Waals surface area contributed by atoms with Crippen molar-refractivity contribution in [3.63, 3.8) is 0 Å². The third-order valence-corrected chi connectivity index (χ3v) is 2.27. The van der Waals surface area contributed by atoms with E-state index in [4.69, 9.17) is 14.2 Å². The van der Waals surface area contributed by atoms with Crippen LogP contribution in [0.25, 0.3) is 0 Å². The first-order chi connectivity index (χ1) is 8.95. The lowest BCUT2D eigenvalue weighted by Gasteiger charge is -2.06. The van der Waals surface area contributed by atoms with Crippen LogP contribution in [0.4, 0.5) is 0 Å². The smallest absolute Gasteiger partial charge is 0.330 e. The fourth-order valence-corrected chi connectivity index (χ4v) is 1.32. The fourth-order valence-electron chi connectivity index (χ4n) is 0.952. The van der Waals surface area contributed by atoms with Gasteiger partial charge in [-0.2, -0.15) is 8.42 Å². The highest BCUT2D eigenvalue weighted by Crippen LogP contribution is 1.87. The Balaban J connectivity index is 3.21. The topological polar surface area (TPSA) is 88.1 Å². The van der Waals surface area contributed by atoms with Gasteiger partial charge in [0.15, 0.2) is 0 Å². The van der Waals surface area contributed by atoms with Crippen LogP contribution in [0.2, 0.25) is 0 Å². The zero-order chi connectivity index (χ0) is 14.6. The van der Waals surface area contributed by atoms with Gasteiger partial charge < -0.3 is 14.2 Å². The van der Waals surface area contributed by atoms with E-state index >= 15 is 0 Å². The molecule has 0 rings (SSSR count). The van der Waals surface area contributed by atoms with Crippen molar-refractivity contribution in [1.29, 1.82) is 0 Å². The molecule has 0 spiro atoms. The first-order valence-corrected chi connectivity index (χ1v) is 7.56. The van der Waals surface area contributed by atoms with Crippen LogP contribution < -0.4 is 0 Å². The zero-order valence-corrected chi connectivity index (χ0v) is 12.0. The standard InChI is InChI=1S/C11H20O7S/c1-3-4-11(12)17-9-7-15-5-6-16-8-10-18-19(2,13)14/h3-4H,5-10H2,1-2H3/b4-3+. The number of hydrogen-bond donors (Lipinski definition) is 0. The van der Waals surface area contributed by atoms with Crippen LogP contribution in [-0.4, -0.2) is 60.3 Å². The first-order valence-electron chi connectivity index (χ1n) is 5.75. The Morgan fingerprint density at radius 3 is 2.05 bits per heavy atom. The van der Waals surface area contributed by atoms with Crippen LogP contribution in [0.1, 0.15) is 6.92 Å². The number of allylic oxidation sites excluding steroid dienone is 1. The van der Waals surface area contributed by atoms with E-state index in [1.807, 2.05) is 0 Å². The lowest BCUT2D eigenvalue weighted by molar-refractivity contribution is -0.139. The quantitative estimate of drug-likeness (QED) is 0.231. The van der Waals surface area contributed by atoms with E-state index in [2.05, 4.69) is 4.18 Å². The van der Waals surface area contributed by atoms with E-state index in [0.717, 1.165) is 6.26 Å². The first kappa shape index (κ1) is 18.0. The van der Waals surface area contributed by atoms with Crippen LogP contribution in [0.3, 0.4) is 0 Å². The minimum absolute atomic E-state index is 0.0141. The third-order valence-electron chi connectivity index (χ3n) is 1.67. The Labute approximate surface area is 113 Å². The molecule has 0 aliphatic carbocycles. The molecule has 0 bridgehead atoms. The Kier molecular flexibility index (Phi) is 10.4. The van der Waals surface area contributed by atoms with Gasteiger partial charge in [0.25, 0.3) is 10.1 Å². The van der Waals surface area contributed by atoms with E-state index in [1.54, 1.807) is 13.0 Å². The van der Waals surface area contributed by atoms with E-state index in [1.165, 1.54) is 6.08 Å². The van der Waals surface area contributed by atoms with Crippen molar-refractivity contribution in [2.45, 2.75) is 6.92 Å². The lowest BCUT2D eigenvalue weighted by atomic mass is 10.5. The molecule has 0 aromatic carbocycles. The molecule has 0 radical (unpaired) electrons. The van der Waals surface area contributed by atoms with Crippen molar-refractivity contribution in [3.05, 3.63) is 12.2 Å². The molecule has 0 aromatic rings. The molecule has 112 valence electrons. The predicted octanol–water partition coefficient (Wildman–Crippen LogP) is 0.115. The van der Waals surface area contributed by atoms with Crippen LogP contribution in [-0.2, 0) is 33.3 Å². The van der Waals surface area contributed by atoms with E-state index in [-0.39, 0.29) is 26.4 Å². The molecule has 0 atom stereocenters. The molecule has 0 saturated heterocycles. The van der Waals surface area contributed by atoms with Gasteiger partial charge in [-0.05, 0) is 6.92 Å². The maximum atomic E-state index is 10.9. The third kappa shape index (κ3) is 15.0. The van der Waals surface area contributed by atoms with Gasteiger partial charge in [0.2, 0.25) is 0 Å². The van der Waals surface area contributed by atoms with E-state index < -0.39 is 16.1 Å². The van der Waals surface area contributed by atoms with Gasteiger partial charge in [0.1, 0.15) is 6.61 Å². The maximum absolute atomic E-state index is 10.9. The summed E-state index contributed by atoms with van der Waals surface area (Å²) in [6, 6.07) is 0. The molecule has 8 heteroatoms. The molecule has 0 unspecified atom stereocenters. The van der Waals surface area contributed by atoms with Crippen LogP contribution in [0.15, 0.2) is 12.2 Å². The summed E-state index contributed by atoms with van der Waals surface area (Å²) in [6.45, 7) is 3.00. The average molecular weight is 296 g/mol. The highest BCUT2D eigenvalue weighted by Gasteiger charge is 2.00. The molecular formula is C11H20O7S. The molecule has 0 saturated carbocycles. The molecule has 19 heavy (non-hydrogen) atoms. The molecule has 0 aliphatic rings. The van der Waals surface area contributed by atoms with Crippen molar-refractivity contribution in [2.75, 3.05) is 45.9 Å². The van der Waals surface area contributed by atoms with Gasteiger partial charge in [0.05, 0.1) is 39.3 Å². The summed E-state index contributed by atoms with van der Waals surface area (Å²) >= 11 is 0. The van der Waals surface area contributed by atoms with Crippen molar-refractivity contribution < 1.29 is 31.6 Å². The predicted molar refractivity (Wildman–Crippen MR) is 68.2 cm³/mol. The Bertz CT molecular complexity index is 361. The van der Waals surface area contributed by atoms with Gasteiger partial charge in [0, 0.05) is 6.08 Å². The molecular weight excluding hydrogens is 276 g/mol. The van der Waals surface area contributed by atoms with E-state index in [0.29, 0.717) is 13.2 Å². The molecule has 0 aliphatic heterocycles. The molecule has 0 aromatic heterocycles. The monoisotopic (exact) mass is 296 g/mol. The number of rotatable bonds is 11. The van der Waals surface area contributed by atoms with Crippen molar-refractivity contribution in [1.82, 2.24) is 0 Å². The van der Waals surface area contributed by atoms with Crippen LogP contribution >= 0.6 is 0 Å². The number of carbonyl (C=O) groups excluding carboxylic acids is 1. The van der Waals surface area contributed by atoms with Crippen molar-refractivity contribution in [2.24, 2.45) is 0 Å². The summed E-state index contributed by atoms with van der Waals surface area (Å²) in [7, 11) is -3.41. The summed E-state index contributed by atoms with van der Waals surface area (Å²) < 4.78 is 40.6. The number of hydrogen-bond acceptors (Lipinski definition) is 7. The number of carbonyl (C=O) groups is 1. The highest BCUT2D eigenvalue weighted by atomic mass is 32.2. The second kappa shape index (κ2) is 10.9. The number of ether oxygens (including phenoxy) is 3. The highest BCUT2D eigenvalue weighted by molar-refractivity contribution is 7.85. The molecule has 0 N–H and O–H groups in total. The zero-order valence-electron chi connectivity index (χ0n) is 11.2. The molecule has 7 nitrogen and oxygen atoms in total. The van der Waals surface area contributed by atoms with Crippen molar-refractivity contribution in [3.8, 4) is 0 Å². The SMILES string of the molecule is C/C=C/C(=O)OCCOCCOCCOS(C)(=O)=O. The Hall–Kier alpha value is -0.960. The van der Waals surface area contributed by atoms with Crippen LogP contribution in [0, 0.1) is 0 Å². The fraction of sp³-hybridized carbons (Fsp3) is 0.727. The summed E-state index contributed by atoms with van der Waals surface area (Å²) in [6.07, 6.45) is 3.89. The molecule has 0 heterocycles. The normalized spacial score (nSPS) is 11.9. The van der Waals surface area contributed by atoms with E-state index in [9.17, 15) is 13.2 Å². The largest absolute Gasteiger partial charge is 0.460 e. The maximum Gasteiger partial charge on any atom is 0.330 e. The Morgan fingerprint density at radius 2 is 1.53 bits per heavy atom. The summed E-state index contributed by atoms with van der Waals surface area (Å²) in [5.74, 6) is -0.403. The van der Waals surface area contributed by atoms with Gasteiger partial charge in [-0.25, -0.2) is 4.79 Å². The van der Waals surface area contributed by atoms with Crippen LogP contribution in [0.5, 0.6) is 0 Å². The molecule has 0 fully saturated rings. The average Bonchev–Trinajstić information content (AvgIpc) is 2.30. The minimum Gasteiger partial charge on any atom is -0.460 e. The van der Waals surface area contributed by atoms with Gasteiger partial charge in [-0.15, -0.1) is 0 Å². The lowest BCUT2D eigenvalue weighted by Crippen LogP contribution is -2.14. The minimum atomic E-state index is -3.41. The van der Waals surface area contributed by atoms with Gasteiger partial charge >= 0.3 is 5.97 Å². The van der Waals surface area contributed by atoms with Gasteiger partial charge in [-0.1, -0.05) is 6.08 Å². The summed E-state index contributed by atoms with van der Waals surface area (Å²) in [5, 5.41) is 0. The van der Waals surface area contributed by atoms with Crippen molar-refractivity contribution >= 4 is 16.1 Å². The second-order valence-electron chi connectivity index (χ2n) is 3.42. The number of esters is 1. The second-order valence-corrected chi connectivity index (χ2v) is 5.06. The summed E-state index contributed by atoms with van der Waals surface area (Å²) in [4.78, 5) is 10.9. The molecule has 0 amide bonds. The Morgan fingerprint density at radius 1 is 1.00 bits per heavy atom. The summed E-state index contributed by atoms with van der Waals surface area (Å²) in [5.41, 5.74) is 0. The van der Waals surface area contributed by atoms with Gasteiger partial charge in [-0.3, -0.25) is 4.18 Å².